The molecule has 0 radical (unpaired) electrons. The summed E-state index contributed by atoms with van der Waals surface area (Å²) in [5.74, 6) is 0.240. The van der Waals surface area contributed by atoms with Crippen LogP contribution in [0, 0.1) is 0 Å². The molecule has 1 fully saturated rings. The molecule has 0 saturated carbocycles. The monoisotopic (exact) mass is 321 g/mol. The summed E-state index contributed by atoms with van der Waals surface area (Å²) in [4.78, 5) is 15.7. The topological polar surface area (TPSA) is 29.5 Å². The highest BCUT2D eigenvalue weighted by atomic mass is 16.5. The number of benzene rings is 2. The summed E-state index contributed by atoms with van der Waals surface area (Å²) < 4.78 is 5.58. The standard InChI is InChI=1S/C21H23NO2/c23-20(22-14-6-8-17-7-4-5-11-19(17)22)21(12-15-24-16-13-21)18-9-2-1-3-10-18/h1-5,7,9-11H,6,8,12-16H2. The van der Waals surface area contributed by atoms with Crippen LogP contribution in [0.5, 0.6) is 0 Å². The van der Waals surface area contributed by atoms with Crippen LogP contribution in [0.25, 0.3) is 0 Å². The van der Waals surface area contributed by atoms with Crippen molar-refractivity contribution in [3.05, 3.63) is 65.7 Å². The van der Waals surface area contributed by atoms with Crippen LogP contribution in [0.2, 0.25) is 0 Å². The minimum absolute atomic E-state index is 0.240. The number of rotatable bonds is 2. The molecule has 2 heterocycles. The Balaban J connectivity index is 1.76. The van der Waals surface area contributed by atoms with Gasteiger partial charge >= 0.3 is 0 Å². The Morgan fingerprint density at radius 1 is 0.958 bits per heavy atom. The molecule has 0 atom stereocenters. The van der Waals surface area contributed by atoms with Crippen molar-refractivity contribution in [3.63, 3.8) is 0 Å². The zero-order valence-corrected chi connectivity index (χ0v) is 13.9. The van der Waals surface area contributed by atoms with Gasteiger partial charge in [0, 0.05) is 25.4 Å². The number of para-hydroxylation sites is 1. The summed E-state index contributed by atoms with van der Waals surface area (Å²) in [5, 5.41) is 0. The van der Waals surface area contributed by atoms with E-state index in [1.54, 1.807) is 0 Å². The second-order valence-electron chi connectivity index (χ2n) is 6.75. The van der Waals surface area contributed by atoms with E-state index in [4.69, 9.17) is 4.74 Å². The van der Waals surface area contributed by atoms with Crippen LogP contribution in [0.4, 0.5) is 5.69 Å². The van der Waals surface area contributed by atoms with E-state index < -0.39 is 5.41 Å². The minimum Gasteiger partial charge on any atom is -0.381 e. The fourth-order valence-electron chi connectivity index (χ4n) is 4.11. The molecule has 24 heavy (non-hydrogen) atoms. The number of ether oxygens (including phenoxy) is 1. The van der Waals surface area contributed by atoms with E-state index in [0.29, 0.717) is 13.2 Å². The van der Waals surface area contributed by atoms with E-state index in [0.717, 1.165) is 43.5 Å². The molecule has 1 amide bonds. The summed E-state index contributed by atoms with van der Waals surface area (Å²) in [6, 6.07) is 18.6. The van der Waals surface area contributed by atoms with Crippen LogP contribution >= 0.6 is 0 Å². The maximum atomic E-state index is 13.7. The van der Waals surface area contributed by atoms with E-state index in [1.807, 2.05) is 29.2 Å². The molecular formula is C21H23NO2. The first-order valence-electron chi connectivity index (χ1n) is 8.84. The van der Waals surface area contributed by atoms with E-state index in [-0.39, 0.29) is 5.91 Å². The number of hydrogen-bond acceptors (Lipinski definition) is 2. The second-order valence-corrected chi connectivity index (χ2v) is 6.75. The van der Waals surface area contributed by atoms with Crippen LogP contribution in [-0.2, 0) is 21.4 Å². The molecule has 0 N–H and O–H groups in total. The maximum Gasteiger partial charge on any atom is 0.237 e. The predicted molar refractivity (Wildman–Crippen MR) is 95.3 cm³/mol. The Bertz CT molecular complexity index is 720. The smallest absolute Gasteiger partial charge is 0.237 e. The molecule has 2 aliphatic rings. The molecule has 0 aromatic heterocycles. The quantitative estimate of drug-likeness (QED) is 0.844. The second kappa shape index (κ2) is 6.40. The summed E-state index contributed by atoms with van der Waals surface area (Å²) >= 11 is 0. The molecule has 0 unspecified atom stereocenters. The molecule has 0 spiro atoms. The van der Waals surface area contributed by atoms with Crippen molar-refractivity contribution >= 4 is 11.6 Å². The van der Waals surface area contributed by atoms with Crippen molar-refractivity contribution in [2.75, 3.05) is 24.7 Å². The molecule has 2 aliphatic heterocycles. The zero-order chi connectivity index (χ0) is 16.4. The van der Waals surface area contributed by atoms with Crippen LogP contribution in [0.3, 0.4) is 0 Å². The Hall–Kier alpha value is -2.13. The fraction of sp³-hybridized carbons (Fsp3) is 0.381. The lowest BCUT2D eigenvalue weighted by Gasteiger charge is -2.41. The van der Waals surface area contributed by atoms with Crippen LogP contribution in [-0.4, -0.2) is 25.7 Å². The highest BCUT2D eigenvalue weighted by Gasteiger charge is 2.44. The van der Waals surface area contributed by atoms with Gasteiger partial charge in [0.05, 0.1) is 5.41 Å². The third kappa shape index (κ3) is 2.53. The van der Waals surface area contributed by atoms with Gasteiger partial charge in [0.25, 0.3) is 0 Å². The largest absolute Gasteiger partial charge is 0.381 e. The van der Waals surface area contributed by atoms with Gasteiger partial charge in [-0.25, -0.2) is 0 Å². The number of carbonyl (C=O) groups is 1. The average Bonchev–Trinajstić information content (AvgIpc) is 2.68. The van der Waals surface area contributed by atoms with Crippen molar-refractivity contribution in [2.45, 2.75) is 31.1 Å². The average molecular weight is 321 g/mol. The Morgan fingerprint density at radius 2 is 1.67 bits per heavy atom. The van der Waals surface area contributed by atoms with Crippen molar-refractivity contribution < 1.29 is 9.53 Å². The molecule has 2 aromatic carbocycles. The molecule has 3 nitrogen and oxygen atoms in total. The Labute approximate surface area is 143 Å². The van der Waals surface area contributed by atoms with Gasteiger partial charge in [-0.3, -0.25) is 4.79 Å². The number of hydrogen-bond donors (Lipinski definition) is 0. The first-order chi connectivity index (χ1) is 11.8. The maximum absolute atomic E-state index is 13.7. The first-order valence-corrected chi connectivity index (χ1v) is 8.84. The highest BCUT2D eigenvalue weighted by Crippen LogP contribution is 2.39. The summed E-state index contributed by atoms with van der Waals surface area (Å²) in [5.41, 5.74) is 3.05. The molecule has 2 aromatic rings. The SMILES string of the molecule is O=C(N1CCCc2ccccc21)C1(c2ccccc2)CCOCC1. The van der Waals surface area contributed by atoms with Gasteiger partial charge in [-0.1, -0.05) is 48.5 Å². The number of aryl methyl sites for hydroxylation is 1. The normalized spacial score (nSPS) is 19.6. The van der Waals surface area contributed by atoms with E-state index in [1.165, 1.54) is 5.56 Å². The van der Waals surface area contributed by atoms with Crippen LogP contribution in [0.1, 0.15) is 30.4 Å². The lowest BCUT2D eigenvalue weighted by Crippen LogP contribution is -2.51. The van der Waals surface area contributed by atoms with Crippen molar-refractivity contribution in [2.24, 2.45) is 0 Å². The van der Waals surface area contributed by atoms with Gasteiger partial charge in [-0.2, -0.15) is 0 Å². The molecule has 0 bridgehead atoms. The van der Waals surface area contributed by atoms with Crippen molar-refractivity contribution in [1.29, 1.82) is 0 Å². The number of nitrogens with zero attached hydrogens (tertiary/aromatic N) is 1. The van der Waals surface area contributed by atoms with E-state index in [2.05, 4.69) is 30.3 Å². The van der Waals surface area contributed by atoms with Gasteiger partial charge in [-0.15, -0.1) is 0 Å². The Morgan fingerprint density at radius 3 is 2.46 bits per heavy atom. The lowest BCUT2D eigenvalue weighted by atomic mass is 9.72. The van der Waals surface area contributed by atoms with Gasteiger partial charge in [0.2, 0.25) is 5.91 Å². The molecule has 124 valence electrons. The van der Waals surface area contributed by atoms with Crippen molar-refractivity contribution in [1.82, 2.24) is 0 Å². The van der Waals surface area contributed by atoms with Crippen LogP contribution in [0.15, 0.2) is 54.6 Å². The molecule has 4 rings (SSSR count). The number of fused-ring (bicyclic) bond motifs is 1. The predicted octanol–water partition coefficient (Wildman–Crippen LogP) is 3.71. The molecule has 0 aliphatic carbocycles. The molecular weight excluding hydrogens is 298 g/mol. The molecule has 1 saturated heterocycles. The van der Waals surface area contributed by atoms with Gasteiger partial charge in [0.15, 0.2) is 0 Å². The fourth-order valence-corrected chi connectivity index (χ4v) is 4.11. The zero-order valence-electron chi connectivity index (χ0n) is 13.9. The Kier molecular flexibility index (Phi) is 4.11. The third-order valence-electron chi connectivity index (χ3n) is 5.44. The minimum atomic E-state index is -0.454. The van der Waals surface area contributed by atoms with Gasteiger partial charge in [-0.05, 0) is 42.9 Å². The highest BCUT2D eigenvalue weighted by molar-refractivity contribution is 6.02. The van der Waals surface area contributed by atoms with E-state index in [9.17, 15) is 4.79 Å². The molecule has 3 heteroatoms. The third-order valence-corrected chi connectivity index (χ3v) is 5.44. The summed E-state index contributed by atoms with van der Waals surface area (Å²) in [7, 11) is 0. The first kappa shape index (κ1) is 15.4. The number of carbonyl (C=O) groups excluding carboxylic acids is 1. The number of anilines is 1. The summed E-state index contributed by atoms with van der Waals surface area (Å²) in [6.07, 6.45) is 3.61. The number of amides is 1. The lowest BCUT2D eigenvalue weighted by molar-refractivity contribution is -0.127. The van der Waals surface area contributed by atoms with Gasteiger partial charge in [0.1, 0.15) is 0 Å². The van der Waals surface area contributed by atoms with Crippen LogP contribution < -0.4 is 4.90 Å². The van der Waals surface area contributed by atoms with Crippen molar-refractivity contribution in [3.8, 4) is 0 Å². The van der Waals surface area contributed by atoms with Gasteiger partial charge < -0.3 is 9.64 Å². The van der Waals surface area contributed by atoms with E-state index >= 15 is 0 Å². The summed E-state index contributed by atoms with van der Waals surface area (Å²) in [6.45, 7) is 2.11.